The molecule has 130 valence electrons. The molecule has 1 rings (SSSR count). The Kier molecular flexibility index (Phi) is 7.17. The highest BCUT2D eigenvalue weighted by Crippen LogP contribution is 2.43. The number of alkyl carbamates (subject to hydrolysis) is 1. The van der Waals surface area contributed by atoms with Crippen molar-refractivity contribution < 1.29 is 14.6 Å². The van der Waals surface area contributed by atoms with Gasteiger partial charge in [0.05, 0.1) is 6.61 Å². The van der Waals surface area contributed by atoms with Crippen LogP contribution in [0.5, 0.6) is 0 Å². The Balaban J connectivity index is 2.61. The standard InChI is InChI=1S/C18H35NO3/c1-6-7-14(2)10-18(13-20,11-15-8-9-15)12-19-16(21)22-17(3,4)5/h14-15,20H,6-13H2,1-5H3,(H,19,21). The van der Waals surface area contributed by atoms with Crippen molar-refractivity contribution in [2.24, 2.45) is 17.3 Å². The van der Waals surface area contributed by atoms with Crippen molar-refractivity contribution in [2.45, 2.75) is 78.7 Å². The number of hydrogen-bond acceptors (Lipinski definition) is 3. The molecule has 0 aromatic carbocycles. The van der Waals surface area contributed by atoms with Gasteiger partial charge in [0, 0.05) is 12.0 Å². The van der Waals surface area contributed by atoms with Crippen LogP contribution in [0.4, 0.5) is 4.79 Å². The highest BCUT2D eigenvalue weighted by Gasteiger charge is 2.38. The summed E-state index contributed by atoms with van der Waals surface area (Å²) in [6, 6.07) is 0. The fourth-order valence-electron chi connectivity index (χ4n) is 3.25. The number of aliphatic hydroxyl groups excluding tert-OH is 1. The van der Waals surface area contributed by atoms with Crippen LogP contribution < -0.4 is 5.32 Å². The highest BCUT2D eigenvalue weighted by atomic mass is 16.6. The largest absolute Gasteiger partial charge is 0.444 e. The van der Waals surface area contributed by atoms with Gasteiger partial charge in [-0.25, -0.2) is 4.79 Å². The average molecular weight is 313 g/mol. The fraction of sp³-hybridized carbons (Fsp3) is 0.944. The summed E-state index contributed by atoms with van der Waals surface area (Å²) in [7, 11) is 0. The van der Waals surface area contributed by atoms with Gasteiger partial charge in [-0.3, -0.25) is 0 Å². The van der Waals surface area contributed by atoms with E-state index in [0.717, 1.165) is 25.2 Å². The maximum absolute atomic E-state index is 11.9. The van der Waals surface area contributed by atoms with Gasteiger partial charge in [0.1, 0.15) is 5.60 Å². The molecular formula is C18H35NO3. The molecule has 2 unspecified atom stereocenters. The number of carbonyl (C=O) groups excluding carboxylic acids is 1. The van der Waals surface area contributed by atoms with Crippen molar-refractivity contribution in [3.05, 3.63) is 0 Å². The van der Waals surface area contributed by atoms with Gasteiger partial charge in [0.25, 0.3) is 0 Å². The van der Waals surface area contributed by atoms with Crippen LogP contribution in [-0.4, -0.2) is 30.0 Å². The molecule has 0 aromatic heterocycles. The minimum absolute atomic E-state index is 0.132. The summed E-state index contributed by atoms with van der Waals surface area (Å²) >= 11 is 0. The molecule has 0 bridgehead atoms. The molecule has 0 saturated heterocycles. The van der Waals surface area contributed by atoms with E-state index in [9.17, 15) is 9.90 Å². The van der Waals surface area contributed by atoms with Gasteiger partial charge >= 0.3 is 6.09 Å². The first-order valence-corrected chi connectivity index (χ1v) is 8.77. The molecular weight excluding hydrogens is 278 g/mol. The van der Waals surface area contributed by atoms with Gasteiger partial charge in [-0.15, -0.1) is 0 Å². The lowest BCUT2D eigenvalue weighted by Gasteiger charge is -2.35. The number of ether oxygens (including phenoxy) is 1. The third kappa shape index (κ3) is 7.48. The first-order chi connectivity index (χ1) is 10.2. The van der Waals surface area contributed by atoms with Crippen molar-refractivity contribution in [1.82, 2.24) is 5.32 Å². The number of rotatable bonds is 9. The third-order valence-electron chi connectivity index (χ3n) is 4.32. The Labute approximate surface area is 136 Å². The van der Waals surface area contributed by atoms with Crippen molar-refractivity contribution in [3.8, 4) is 0 Å². The van der Waals surface area contributed by atoms with Crippen LogP contribution in [0.2, 0.25) is 0 Å². The molecule has 22 heavy (non-hydrogen) atoms. The quantitative estimate of drug-likeness (QED) is 0.673. The molecule has 1 amide bonds. The predicted molar refractivity (Wildman–Crippen MR) is 89.8 cm³/mol. The average Bonchev–Trinajstić information content (AvgIpc) is 3.18. The van der Waals surface area contributed by atoms with Crippen LogP contribution >= 0.6 is 0 Å². The first-order valence-electron chi connectivity index (χ1n) is 8.77. The van der Waals surface area contributed by atoms with Crippen molar-refractivity contribution in [2.75, 3.05) is 13.2 Å². The smallest absolute Gasteiger partial charge is 0.407 e. The summed E-state index contributed by atoms with van der Waals surface area (Å²) in [6.07, 6.45) is 6.43. The number of nitrogens with one attached hydrogen (secondary N) is 1. The van der Waals surface area contributed by atoms with E-state index in [1.807, 2.05) is 20.8 Å². The molecule has 1 aliphatic rings. The van der Waals surface area contributed by atoms with Gasteiger partial charge < -0.3 is 15.2 Å². The van der Waals surface area contributed by atoms with E-state index in [4.69, 9.17) is 4.74 Å². The minimum atomic E-state index is -0.488. The predicted octanol–water partition coefficient (Wildman–Crippen LogP) is 4.12. The van der Waals surface area contributed by atoms with Crippen molar-refractivity contribution in [3.63, 3.8) is 0 Å². The van der Waals surface area contributed by atoms with E-state index in [2.05, 4.69) is 19.2 Å². The maximum atomic E-state index is 11.9. The van der Waals surface area contributed by atoms with Crippen LogP contribution in [0.25, 0.3) is 0 Å². The number of carbonyl (C=O) groups is 1. The van der Waals surface area contributed by atoms with E-state index in [0.29, 0.717) is 12.5 Å². The van der Waals surface area contributed by atoms with Crippen LogP contribution in [0, 0.1) is 17.3 Å². The fourth-order valence-corrected chi connectivity index (χ4v) is 3.25. The molecule has 2 atom stereocenters. The normalized spacial score (nSPS) is 19.4. The topological polar surface area (TPSA) is 58.6 Å². The zero-order chi connectivity index (χ0) is 16.8. The summed E-state index contributed by atoms with van der Waals surface area (Å²) < 4.78 is 5.32. The zero-order valence-corrected chi connectivity index (χ0v) is 15.1. The van der Waals surface area contributed by atoms with E-state index < -0.39 is 5.60 Å². The Bertz CT molecular complexity index is 347. The van der Waals surface area contributed by atoms with Crippen LogP contribution in [0.3, 0.4) is 0 Å². The molecule has 0 aromatic rings. The highest BCUT2D eigenvalue weighted by molar-refractivity contribution is 5.67. The van der Waals surface area contributed by atoms with Gasteiger partial charge in [-0.2, -0.15) is 0 Å². The summed E-state index contributed by atoms with van der Waals surface area (Å²) in [4.78, 5) is 11.9. The molecule has 0 radical (unpaired) electrons. The van der Waals surface area contributed by atoms with Crippen molar-refractivity contribution in [1.29, 1.82) is 0 Å². The van der Waals surface area contributed by atoms with Crippen molar-refractivity contribution >= 4 is 6.09 Å². The van der Waals surface area contributed by atoms with E-state index in [-0.39, 0.29) is 18.1 Å². The molecule has 1 fully saturated rings. The number of amides is 1. The number of aliphatic hydroxyl groups is 1. The molecule has 0 spiro atoms. The second kappa shape index (κ2) is 8.19. The van der Waals surface area contributed by atoms with E-state index in [1.54, 1.807) is 0 Å². The molecule has 0 aliphatic heterocycles. The Morgan fingerprint density at radius 3 is 2.45 bits per heavy atom. The Morgan fingerprint density at radius 1 is 1.36 bits per heavy atom. The summed E-state index contributed by atoms with van der Waals surface area (Å²) in [5.41, 5.74) is -0.690. The molecule has 1 saturated carbocycles. The van der Waals surface area contributed by atoms with E-state index >= 15 is 0 Å². The van der Waals surface area contributed by atoms with Gasteiger partial charge in [-0.1, -0.05) is 39.5 Å². The maximum Gasteiger partial charge on any atom is 0.407 e. The summed E-state index contributed by atoms with van der Waals surface area (Å²) in [5.74, 6) is 1.29. The third-order valence-corrected chi connectivity index (χ3v) is 4.32. The van der Waals surface area contributed by atoms with Crippen LogP contribution in [0.1, 0.15) is 73.1 Å². The monoisotopic (exact) mass is 313 g/mol. The van der Waals surface area contributed by atoms with Gasteiger partial charge in [0.2, 0.25) is 0 Å². The van der Waals surface area contributed by atoms with Gasteiger partial charge in [-0.05, 0) is 45.4 Å². The first kappa shape index (κ1) is 19.3. The Morgan fingerprint density at radius 2 is 2.00 bits per heavy atom. The SMILES string of the molecule is CCCC(C)CC(CO)(CNC(=O)OC(C)(C)C)CC1CC1. The molecule has 0 heterocycles. The summed E-state index contributed by atoms with van der Waals surface area (Å²) in [6.45, 7) is 10.7. The minimum Gasteiger partial charge on any atom is -0.444 e. The molecule has 2 N–H and O–H groups in total. The second-order valence-corrected chi connectivity index (χ2v) is 8.26. The molecule has 4 heteroatoms. The van der Waals surface area contributed by atoms with E-state index in [1.165, 1.54) is 19.3 Å². The second-order valence-electron chi connectivity index (χ2n) is 8.26. The lowest BCUT2D eigenvalue weighted by Crippen LogP contribution is -2.43. The zero-order valence-electron chi connectivity index (χ0n) is 15.1. The molecule has 1 aliphatic carbocycles. The van der Waals surface area contributed by atoms with Crippen LogP contribution in [-0.2, 0) is 4.74 Å². The lowest BCUT2D eigenvalue weighted by atomic mass is 9.75. The summed E-state index contributed by atoms with van der Waals surface area (Å²) in [5, 5.41) is 12.9. The number of hydrogen-bond donors (Lipinski definition) is 2. The lowest BCUT2D eigenvalue weighted by molar-refractivity contribution is 0.0407. The van der Waals surface area contributed by atoms with Crippen LogP contribution in [0.15, 0.2) is 0 Å². The Hall–Kier alpha value is -0.770. The molecule has 4 nitrogen and oxygen atoms in total. The van der Waals surface area contributed by atoms with Gasteiger partial charge in [0.15, 0.2) is 0 Å².